The van der Waals surface area contributed by atoms with E-state index in [2.05, 4.69) is 65.8 Å². The van der Waals surface area contributed by atoms with Crippen molar-refractivity contribution in [2.24, 2.45) is 0 Å². The van der Waals surface area contributed by atoms with Crippen LogP contribution < -0.4 is 5.32 Å². The van der Waals surface area contributed by atoms with E-state index in [0.29, 0.717) is 6.61 Å². The summed E-state index contributed by atoms with van der Waals surface area (Å²) in [7, 11) is 0. The molecule has 0 radical (unpaired) electrons. The Labute approximate surface area is 149 Å². The average molecular weight is 332 g/mol. The van der Waals surface area contributed by atoms with Gasteiger partial charge in [-0.15, -0.1) is 0 Å². The van der Waals surface area contributed by atoms with Crippen LogP contribution in [0.4, 0.5) is 5.69 Å². The summed E-state index contributed by atoms with van der Waals surface area (Å²) in [5.74, 6) is 0. The maximum absolute atomic E-state index is 6.24. The molecular formula is C22H24N2O. The number of nitrogens with one attached hydrogen (secondary N) is 1. The van der Waals surface area contributed by atoms with Crippen LogP contribution in [0.15, 0.2) is 79.0 Å². The van der Waals surface area contributed by atoms with Gasteiger partial charge in [0.05, 0.1) is 24.2 Å². The van der Waals surface area contributed by atoms with Crippen LogP contribution in [0, 0.1) is 0 Å². The Kier molecular flexibility index (Phi) is 6.18. The maximum atomic E-state index is 6.24. The Morgan fingerprint density at radius 1 is 0.880 bits per heavy atom. The summed E-state index contributed by atoms with van der Waals surface area (Å²) in [5.41, 5.74) is 4.41. The minimum atomic E-state index is -0.0710. The minimum Gasteiger partial charge on any atom is -0.384 e. The lowest BCUT2D eigenvalue weighted by molar-refractivity contribution is 0.0371. The molecule has 0 aliphatic carbocycles. The highest BCUT2D eigenvalue weighted by Crippen LogP contribution is 2.23. The van der Waals surface area contributed by atoms with Gasteiger partial charge in [0.25, 0.3) is 0 Å². The molecule has 25 heavy (non-hydrogen) atoms. The van der Waals surface area contributed by atoms with Crippen molar-refractivity contribution in [1.29, 1.82) is 0 Å². The van der Waals surface area contributed by atoms with Gasteiger partial charge in [-0.2, -0.15) is 0 Å². The van der Waals surface area contributed by atoms with E-state index in [-0.39, 0.29) is 6.10 Å². The Bertz CT molecular complexity index is 742. The summed E-state index contributed by atoms with van der Waals surface area (Å²) in [6.07, 6.45) is 2.61. The Hall–Kier alpha value is -2.65. The molecule has 0 saturated carbocycles. The number of pyridine rings is 1. The van der Waals surface area contributed by atoms with Crippen molar-refractivity contribution in [3.8, 4) is 0 Å². The fourth-order valence-corrected chi connectivity index (χ4v) is 2.75. The first kappa shape index (κ1) is 17.2. The van der Waals surface area contributed by atoms with Crippen molar-refractivity contribution in [3.05, 3.63) is 95.8 Å². The van der Waals surface area contributed by atoms with Gasteiger partial charge in [0, 0.05) is 13.0 Å². The van der Waals surface area contributed by atoms with E-state index in [0.717, 1.165) is 24.3 Å². The molecule has 1 atom stereocenters. The van der Waals surface area contributed by atoms with Crippen LogP contribution in [0.1, 0.15) is 29.8 Å². The van der Waals surface area contributed by atoms with Crippen LogP contribution in [0.25, 0.3) is 0 Å². The molecule has 0 saturated heterocycles. The fourth-order valence-electron chi connectivity index (χ4n) is 2.75. The molecule has 1 heterocycles. The van der Waals surface area contributed by atoms with Crippen molar-refractivity contribution in [2.75, 3.05) is 11.9 Å². The molecule has 1 aromatic heterocycles. The Balaban J connectivity index is 1.75. The molecule has 0 spiro atoms. The standard InChI is InChI=1S/C22H24N2O/c1-2-23-20-13-14-21(24-16-20)22(15-18-9-5-3-6-10-18)25-17-19-11-7-4-8-12-19/h3-14,16,22-23H,2,15,17H2,1H3. The molecule has 0 bridgehead atoms. The lowest BCUT2D eigenvalue weighted by Gasteiger charge is -2.18. The fraction of sp³-hybridized carbons (Fsp3) is 0.227. The SMILES string of the molecule is CCNc1ccc(C(Cc2ccccc2)OCc2ccccc2)nc1. The number of hydrogen-bond donors (Lipinski definition) is 1. The maximum Gasteiger partial charge on any atom is 0.104 e. The molecule has 3 aromatic rings. The second kappa shape index (κ2) is 9.00. The van der Waals surface area contributed by atoms with E-state index in [4.69, 9.17) is 4.74 Å². The molecular weight excluding hydrogens is 308 g/mol. The van der Waals surface area contributed by atoms with Crippen molar-refractivity contribution in [2.45, 2.75) is 26.1 Å². The van der Waals surface area contributed by atoms with E-state index in [1.165, 1.54) is 11.1 Å². The van der Waals surface area contributed by atoms with E-state index >= 15 is 0 Å². The topological polar surface area (TPSA) is 34.1 Å². The van der Waals surface area contributed by atoms with Crippen LogP contribution >= 0.6 is 0 Å². The largest absolute Gasteiger partial charge is 0.384 e. The molecule has 1 unspecified atom stereocenters. The van der Waals surface area contributed by atoms with Crippen molar-refractivity contribution >= 4 is 5.69 Å². The lowest BCUT2D eigenvalue weighted by atomic mass is 10.0. The third kappa shape index (κ3) is 5.16. The van der Waals surface area contributed by atoms with Gasteiger partial charge in [0.1, 0.15) is 6.10 Å². The van der Waals surface area contributed by atoms with Gasteiger partial charge >= 0.3 is 0 Å². The van der Waals surface area contributed by atoms with Gasteiger partial charge in [0.2, 0.25) is 0 Å². The molecule has 128 valence electrons. The van der Waals surface area contributed by atoms with Crippen molar-refractivity contribution in [1.82, 2.24) is 4.98 Å². The highest BCUT2D eigenvalue weighted by atomic mass is 16.5. The number of aromatic nitrogens is 1. The van der Waals surface area contributed by atoms with Crippen LogP contribution in [0.5, 0.6) is 0 Å². The highest BCUT2D eigenvalue weighted by molar-refractivity contribution is 5.41. The first-order valence-corrected chi connectivity index (χ1v) is 8.74. The average Bonchev–Trinajstić information content (AvgIpc) is 2.68. The number of rotatable bonds is 8. The zero-order chi connectivity index (χ0) is 17.3. The lowest BCUT2D eigenvalue weighted by Crippen LogP contribution is -2.10. The van der Waals surface area contributed by atoms with E-state index in [1.54, 1.807) is 0 Å². The molecule has 2 aromatic carbocycles. The molecule has 3 rings (SSSR count). The second-order valence-corrected chi connectivity index (χ2v) is 5.98. The van der Waals surface area contributed by atoms with E-state index in [9.17, 15) is 0 Å². The second-order valence-electron chi connectivity index (χ2n) is 5.98. The highest BCUT2D eigenvalue weighted by Gasteiger charge is 2.15. The molecule has 3 nitrogen and oxygen atoms in total. The normalized spacial score (nSPS) is 11.9. The van der Waals surface area contributed by atoms with Crippen LogP contribution in [-0.2, 0) is 17.8 Å². The van der Waals surface area contributed by atoms with Crippen molar-refractivity contribution < 1.29 is 4.74 Å². The summed E-state index contributed by atoms with van der Waals surface area (Å²) in [6, 6.07) is 24.8. The monoisotopic (exact) mass is 332 g/mol. The predicted octanol–water partition coefficient (Wildman–Crippen LogP) is 5.01. The Morgan fingerprint density at radius 3 is 2.16 bits per heavy atom. The molecule has 0 aliphatic rings. The third-order valence-corrected chi connectivity index (χ3v) is 4.06. The third-order valence-electron chi connectivity index (χ3n) is 4.06. The van der Waals surface area contributed by atoms with Crippen LogP contribution in [0.2, 0.25) is 0 Å². The number of anilines is 1. The molecule has 0 aliphatic heterocycles. The molecule has 1 N–H and O–H groups in total. The predicted molar refractivity (Wildman–Crippen MR) is 103 cm³/mol. The number of nitrogens with zero attached hydrogens (tertiary/aromatic N) is 1. The van der Waals surface area contributed by atoms with Gasteiger partial charge in [0.15, 0.2) is 0 Å². The summed E-state index contributed by atoms with van der Waals surface area (Å²) in [5, 5.41) is 3.28. The summed E-state index contributed by atoms with van der Waals surface area (Å²) in [6.45, 7) is 3.54. The minimum absolute atomic E-state index is 0.0710. The van der Waals surface area contributed by atoms with E-state index in [1.807, 2.05) is 30.5 Å². The zero-order valence-corrected chi connectivity index (χ0v) is 14.6. The first-order chi connectivity index (χ1) is 12.3. The summed E-state index contributed by atoms with van der Waals surface area (Å²) in [4.78, 5) is 4.62. The van der Waals surface area contributed by atoms with Crippen LogP contribution in [0.3, 0.4) is 0 Å². The van der Waals surface area contributed by atoms with Gasteiger partial charge in [-0.1, -0.05) is 60.7 Å². The number of hydrogen-bond acceptors (Lipinski definition) is 3. The Morgan fingerprint density at radius 2 is 1.56 bits per heavy atom. The first-order valence-electron chi connectivity index (χ1n) is 8.74. The number of benzene rings is 2. The quantitative estimate of drug-likeness (QED) is 0.629. The van der Waals surface area contributed by atoms with Crippen molar-refractivity contribution in [3.63, 3.8) is 0 Å². The number of ether oxygens (including phenoxy) is 1. The van der Waals surface area contributed by atoms with E-state index < -0.39 is 0 Å². The summed E-state index contributed by atoms with van der Waals surface area (Å²) < 4.78 is 6.24. The van der Waals surface area contributed by atoms with Gasteiger partial charge in [-0.05, 0) is 30.2 Å². The molecule has 0 fully saturated rings. The van der Waals surface area contributed by atoms with Gasteiger partial charge < -0.3 is 10.1 Å². The molecule has 3 heteroatoms. The van der Waals surface area contributed by atoms with Crippen LogP contribution in [-0.4, -0.2) is 11.5 Å². The smallest absolute Gasteiger partial charge is 0.104 e. The van der Waals surface area contributed by atoms with Gasteiger partial charge in [-0.3, -0.25) is 4.98 Å². The van der Waals surface area contributed by atoms with Gasteiger partial charge in [-0.25, -0.2) is 0 Å². The summed E-state index contributed by atoms with van der Waals surface area (Å²) >= 11 is 0. The molecule has 0 amide bonds. The zero-order valence-electron chi connectivity index (χ0n) is 14.6.